The summed E-state index contributed by atoms with van der Waals surface area (Å²) < 4.78 is 26.7. The van der Waals surface area contributed by atoms with Crippen molar-refractivity contribution in [2.75, 3.05) is 0 Å². The average molecular weight is 304 g/mol. The van der Waals surface area contributed by atoms with E-state index in [4.69, 9.17) is 0 Å². The number of hydrogen-bond acceptors (Lipinski definition) is 3. The van der Waals surface area contributed by atoms with Crippen LogP contribution in [0, 0.1) is 13.8 Å². The van der Waals surface area contributed by atoms with Crippen molar-refractivity contribution in [2.24, 2.45) is 0 Å². The Labute approximate surface area is 126 Å². The standard InChI is InChI=1S/C16H20N2O2S/c1-11(2)18-21(19,20)16-7-5-14(6-8-16)15-9-12(3)17-13(4)10-15/h5-11,18H,1-4H3. The molecule has 1 N–H and O–H groups in total. The molecule has 2 rings (SSSR count). The Hall–Kier alpha value is -1.72. The van der Waals surface area contributed by atoms with Crippen molar-refractivity contribution in [2.45, 2.75) is 38.6 Å². The lowest BCUT2D eigenvalue weighted by Gasteiger charge is -2.10. The largest absolute Gasteiger partial charge is 0.258 e. The summed E-state index contributed by atoms with van der Waals surface area (Å²) in [6, 6.07) is 10.8. The first kappa shape index (κ1) is 15.7. The molecular weight excluding hydrogens is 284 g/mol. The van der Waals surface area contributed by atoms with Gasteiger partial charge in [-0.05, 0) is 63.1 Å². The van der Waals surface area contributed by atoms with E-state index < -0.39 is 10.0 Å². The Kier molecular flexibility index (Phi) is 4.44. The number of pyridine rings is 1. The molecule has 4 nitrogen and oxygen atoms in total. The molecule has 0 atom stereocenters. The summed E-state index contributed by atoms with van der Waals surface area (Å²) >= 11 is 0. The molecule has 1 heterocycles. The van der Waals surface area contributed by atoms with E-state index in [0.29, 0.717) is 0 Å². The van der Waals surface area contributed by atoms with Gasteiger partial charge in [-0.25, -0.2) is 13.1 Å². The maximum absolute atomic E-state index is 12.1. The first-order valence-corrected chi connectivity index (χ1v) is 8.34. The maximum atomic E-state index is 12.1. The minimum atomic E-state index is -3.44. The lowest BCUT2D eigenvalue weighted by Crippen LogP contribution is -2.30. The molecule has 5 heteroatoms. The van der Waals surface area contributed by atoms with E-state index in [1.54, 1.807) is 26.0 Å². The number of benzene rings is 1. The van der Waals surface area contributed by atoms with Crippen LogP contribution < -0.4 is 4.72 Å². The number of sulfonamides is 1. The zero-order valence-corrected chi connectivity index (χ0v) is 13.5. The van der Waals surface area contributed by atoms with Crippen LogP contribution in [0.2, 0.25) is 0 Å². The second kappa shape index (κ2) is 5.95. The topological polar surface area (TPSA) is 59.1 Å². The van der Waals surface area contributed by atoms with Gasteiger partial charge in [0.05, 0.1) is 4.90 Å². The number of aryl methyl sites for hydroxylation is 2. The molecule has 0 saturated carbocycles. The van der Waals surface area contributed by atoms with Gasteiger partial charge in [-0.3, -0.25) is 4.98 Å². The molecule has 21 heavy (non-hydrogen) atoms. The summed E-state index contributed by atoms with van der Waals surface area (Å²) in [7, 11) is -3.44. The van der Waals surface area contributed by atoms with Gasteiger partial charge in [-0.15, -0.1) is 0 Å². The Morgan fingerprint density at radius 1 is 0.952 bits per heavy atom. The van der Waals surface area contributed by atoms with Crippen LogP contribution in [0.25, 0.3) is 11.1 Å². The summed E-state index contributed by atoms with van der Waals surface area (Å²) in [6.07, 6.45) is 0. The fraction of sp³-hybridized carbons (Fsp3) is 0.312. The molecule has 0 unspecified atom stereocenters. The molecule has 0 radical (unpaired) electrons. The minimum Gasteiger partial charge on any atom is -0.258 e. The van der Waals surface area contributed by atoms with E-state index in [9.17, 15) is 8.42 Å². The molecule has 1 aromatic heterocycles. The highest BCUT2D eigenvalue weighted by Crippen LogP contribution is 2.22. The first-order chi connectivity index (χ1) is 9.78. The van der Waals surface area contributed by atoms with Gasteiger partial charge in [0.2, 0.25) is 10.0 Å². The summed E-state index contributed by atoms with van der Waals surface area (Å²) in [5, 5.41) is 0. The smallest absolute Gasteiger partial charge is 0.240 e. The van der Waals surface area contributed by atoms with Crippen molar-refractivity contribution in [3.63, 3.8) is 0 Å². The normalized spacial score (nSPS) is 11.9. The van der Waals surface area contributed by atoms with Gasteiger partial charge >= 0.3 is 0 Å². The van der Waals surface area contributed by atoms with Crippen molar-refractivity contribution in [1.29, 1.82) is 0 Å². The Morgan fingerprint density at radius 3 is 1.95 bits per heavy atom. The van der Waals surface area contributed by atoms with E-state index in [1.165, 1.54) is 0 Å². The quantitative estimate of drug-likeness (QED) is 0.944. The van der Waals surface area contributed by atoms with Gasteiger partial charge in [0.25, 0.3) is 0 Å². The van der Waals surface area contributed by atoms with Crippen molar-refractivity contribution in [3.8, 4) is 11.1 Å². The summed E-state index contributed by atoms with van der Waals surface area (Å²) in [5.41, 5.74) is 3.92. The third kappa shape index (κ3) is 3.89. The number of nitrogens with one attached hydrogen (secondary N) is 1. The number of rotatable bonds is 4. The summed E-state index contributed by atoms with van der Waals surface area (Å²) in [6.45, 7) is 7.49. The molecule has 0 bridgehead atoms. The highest BCUT2D eigenvalue weighted by Gasteiger charge is 2.15. The third-order valence-electron chi connectivity index (χ3n) is 2.97. The zero-order chi connectivity index (χ0) is 15.6. The Bertz CT molecular complexity index is 715. The number of hydrogen-bond donors (Lipinski definition) is 1. The van der Waals surface area contributed by atoms with Crippen molar-refractivity contribution in [1.82, 2.24) is 9.71 Å². The van der Waals surface area contributed by atoms with Gasteiger partial charge in [0, 0.05) is 17.4 Å². The van der Waals surface area contributed by atoms with Gasteiger partial charge in [-0.1, -0.05) is 12.1 Å². The predicted molar refractivity (Wildman–Crippen MR) is 84.6 cm³/mol. The molecule has 112 valence electrons. The molecule has 0 spiro atoms. The molecule has 0 saturated heterocycles. The van der Waals surface area contributed by atoms with Gasteiger partial charge < -0.3 is 0 Å². The highest BCUT2D eigenvalue weighted by molar-refractivity contribution is 7.89. The van der Waals surface area contributed by atoms with E-state index in [1.807, 2.05) is 38.1 Å². The number of nitrogens with zero attached hydrogens (tertiary/aromatic N) is 1. The van der Waals surface area contributed by atoms with Crippen molar-refractivity contribution >= 4 is 10.0 Å². The van der Waals surface area contributed by atoms with Crippen LogP contribution in [-0.4, -0.2) is 19.4 Å². The molecule has 0 amide bonds. The zero-order valence-electron chi connectivity index (χ0n) is 12.7. The van der Waals surface area contributed by atoms with Crippen molar-refractivity contribution < 1.29 is 8.42 Å². The molecule has 0 aliphatic heterocycles. The van der Waals surface area contributed by atoms with Crippen LogP contribution >= 0.6 is 0 Å². The fourth-order valence-electron chi connectivity index (χ4n) is 2.21. The molecule has 1 aromatic carbocycles. The Balaban J connectivity index is 2.35. The van der Waals surface area contributed by atoms with Crippen LogP contribution in [-0.2, 0) is 10.0 Å². The van der Waals surface area contributed by atoms with E-state index in [2.05, 4.69) is 9.71 Å². The van der Waals surface area contributed by atoms with E-state index in [0.717, 1.165) is 22.5 Å². The van der Waals surface area contributed by atoms with E-state index in [-0.39, 0.29) is 10.9 Å². The van der Waals surface area contributed by atoms with Crippen LogP contribution in [0.3, 0.4) is 0 Å². The van der Waals surface area contributed by atoms with Crippen LogP contribution in [0.1, 0.15) is 25.2 Å². The van der Waals surface area contributed by atoms with Crippen molar-refractivity contribution in [3.05, 3.63) is 47.8 Å². The maximum Gasteiger partial charge on any atom is 0.240 e. The van der Waals surface area contributed by atoms with Gasteiger partial charge in [-0.2, -0.15) is 0 Å². The van der Waals surface area contributed by atoms with E-state index >= 15 is 0 Å². The molecule has 0 fully saturated rings. The second-order valence-corrected chi connectivity index (χ2v) is 7.15. The highest BCUT2D eigenvalue weighted by atomic mass is 32.2. The lowest BCUT2D eigenvalue weighted by atomic mass is 10.1. The minimum absolute atomic E-state index is 0.125. The van der Waals surface area contributed by atoms with Crippen LogP contribution in [0.15, 0.2) is 41.3 Å². The molecule has 2 aromatic rings. The molecule has 0 aliphatic rings. The summed E-state index contributed by atoms with van der Waals surface area (Å²) in [4.78, 5) is 4.62. The fourth-order valence-corrected chi connectivity index (χ4v) is 3.46. The third-order valence-corrected chi connectivity index (χ3v) is 4.64. The second-order valence-electron chi connectivity index (χ2n) is 5.44. The lowest BCUT2D eigenvalue weighted by molar-refractivity contribution is 0.570. The first-order valence-electron chi connectivity index (χ1n) is 6.86. The molecular formula is C16H20N2O2S. The summed E-state index contributed by atoms with van der Waals surface area (Å²) in [5.74, 6) is 0. The number of aromatic nitrogens is 1. The Morgan fingerprint density at radius 2 is 1.48 bits per heavy atom. The predicted octanol–water partition coefficient (Wildman–Crippen LogP) is 3.05. The SMILES string of the molecule is Cc1cc(-c2ccc(S(=O)(=O)NC(C)C)cc2)cc(C)n1. The molecule has 0 aliphatic carbocycles. The van der Waals surface area contributed by atoms with Gasteiger partial charge in [0.15, 0.2) is 0 Å². The van der Waals surface area contributed by atoms with Gasteiger partial charge in [0.1, 0.15) is 0 Å². The monoisotopic (exact) mass is 304 g/mol. The average Bonchev–Trinajstić information content (AvgIpc) is 2.36. The van der Waals surface area contributed by atoms with Crippen LogP contribution in [0.5, 0.6) is 0 Å². The van der Waals surface area contributed by atoms with Crippen LogP contribution in [0.4, 0.5) is 0 Å².